The minimum Gasteiger partial charge on any atom is -0.368 e. The summed E-state index contributed by atoms with van der Waals surface area (Å²) in [5.74, 6) is 4.23. The summed E-state index contributed by atoms with van der Waals surface area (Å²) >= 11 is 0. The zero-order chi connectivity index (χ0) is 14.8. The van der Waals surface area contributed by atoms with Crippen LogP contribution in [0.3, 0.4) is 0 Å². The van der Waals surface area contributed by atoms with Crippen LogP contribution in [0.2, 0.25) is 0 Å². The van der Waals surface area contributed by atoms with Gasteiger partial charge in [0.05, 0.1) is 0 Å². The van der Waals surface area contributed by atoms with Crippen molar-refractivity contribution in [3.63, 3.8) is 0 Å². The first kappa shape index (κ1) is 14.4. The lowest BCUT2D eigenvalue weighted by Gasteiger charge is -2.22. The topological polar surface area (TPSA) is 80.0 Å². The van der Waals surface area contributed by atoms with Crippen LogP contribution in [0.25, 0.3) is 0 Å². The van der Waals surface area contributed by atoms with Crippen molar-refractivity contribution in [3.05, 3.63) is 0 Å². The SMILES string of the molecule is CCN(CC)c1nc(N)nc(NCC2CC3CCC2C3)n1. The van der Waals surface area contributed by atoms with E-state index in [0.717, 1.165) is 37.4 Å². The van der Waals surface area contributed by atoms with Crippen LogP contribution >= 0.6 is 0 Å². The fourth-order valence-electron chi connectivity index (χ4n) is 3.96. The van der Waals surface area contributed by atoms with Gasteiger partial charge in [-0.15, -0.1) is 0 Å². The summed E-state index contributed by atoms with van der Waals surface area (Å²) in [4.78, 5) is 15.1. The van der Waals surface area contributed by atoms with Crippen LogP contribution in [0.1, 0.15) is 39.5 Å². The second kappa shape index (κ2) is 6.03. The third-order valence-corrected chi connectivity index (χ3v) is 5.09. The number of nitrogens with two attached hydrogens (primary N) is 1. The van der Waals surface area contributed by atoms with Gasteiger partial charge >= 0.3 is 0 Å². The van der Waals surface area contributed by atoms with Crippen LogP contribution in [0.4, 0.5) is 17.8 Å². The lowest BCUT2D eigenvalue weighted by molar-refractivity contribution is 0.348. The molecule has 6 nitrogen and oxygen atoms in total. The molecule has 116 valence electrons. The highest BCUT2D eigenvalue weighted by Crippen LogP contribution is 2.48. The molecule has 2 saturated carbocycles. The van der Waals surface area contributed by atoms with E-state index in [1.165, 1.54) is 25.7 Å². The van der Waals surface area contributed by atoms with Crippen molar-refractivity contribution in [1.82, 2.24) is 15.0 Å². The number of hydrogen-bond donors (Lipinski definition) is 2. The maximum Gasteiger partial charge on any atom is 0.231 e. The van der Waals surface area contributed by atoms with Crippen molar-refractivity contribution >= 4 is 17.8 Å². The van der Waals surface area contributed by atoms with Crippen molar-refractivity contribution in [2.75, 3.05) is 35.6 Å². The second-order valence-corrected chi connectivity index (χ2v) is 6.31. The molecule has 3 rings (SSSR count). The predicted octanol–water partition coefficient (Wildman–Crippen LogP) is 2.15. The number of aromatic nitrogens is 3. The van der Waals surface area contributed by atoms with Crippen LogP contribution < -0.4 is 16.0 Å². The summed E-state index contributed by atoms with van der Waals surface area (Å²) in [7, 11) is 0. The molecule has 6 heteroatoms. The minimum absolute atomic E-state index is 0.294. The smallest absolute Gasteiger partial charge is 0.231 e. The Morgan fingerprint density at radius 3 is 2.57 bits per heavy atom. The lowest BCUT2D eigenvalue weighted by Crippen LogP contribution is -2.26. The highest BCUT2D eigenvalue weighted by molar-refractivity contribution is 5.41. The molecule has 0 aliphatic heterocycles. The molecule has 2 bridgehead atoms. The van der Waals surface area contributed by atoms with Crippen LogP contribution in [-0.4, -0.2) is 34.6 Å². The van der Waals surface area contributed by atoms with E-state index in [4.69, 9.17) is 5.73 Å². The van der Waals surface area contributed by atoms with Crippen molar-refractivity contribution in [2.24, 2.45) is 17.8 Å². The van der Waals surface area contributed by atoms with Gasteiger partial charge in [0.1, 0.15) is 0 Å². The highest BCUT2D eigenvalue weighted by Gasteiger charge is 2.39. The molecule has 3 atom stereocenters. The number of anilines is 3. The summed E-state index contributed by atoms with van der Waals surface area (Å²) < 4.78 is 0. The van der Waals surface area contributed by atoms with Crippen LogP contribution in [0.15, 0.2) is 0 Å². The Morgan fingerprint density at radius 2 is 1.95 bits per heavy atom. The second-order valence-electron chi connectivity index (χ2n) is 6.31. The van der Waals surface area contributed by atoms with E-state index in [1.54, 1.807) is 0 Å². The van der Waals surface area contributed by atoms with E-state index in [-0.39, 0.29) is 0 Å². The van der Waals surface area contributed by atoms with Gasteiger partial charge in [0.25, 0.3) is 0 Å². The van der Waals surface area contributed by atoms with Gasteiger partial charge in [-0.3, -0.25) is 0 Å². The van der Waals surface area contributed by atoms with Gasteiger partial charge < -0.3 is 16.0 Å². The summed E-state index contributed by atoms with van der Waals surface area (Å²) in [6.45, 7) is 6.87. The van der Waals surface area contributed by atoms with Gasteiger partial charge in [-0.05, 0) is 50.9 Å². The summed E-state index contributed by atoms with van der Waals surface area (Å²) in [6.07, 6.45) is 5.63. The molecule has 0 radical (unpaired) electrons. The number of nitrogens with zero attached hydrogens (tertiary/aromatic N) is 4. The summed E-state index contributed by atoms with van der Waals surface area (Å²) in [5.41, 5.74) is 5.82. The molecule has 0 aromatic carbocycles. The molecule has 0 spiro atoms. The van der Waals surface area contributed by atoms with Gasteiger partial charge in [0.2, 0.25) is 17.8 Å². The standard InChI is InChI=1S/C15H26N6/c1-3-21(4-2)15-19-13(16)18-14(20-15)17-9-12-8-10-5-6-11(12)7-10/h10-12H,3-9H2,1-2H3,(H3,16,17,18,19,20). The normalized spacial score (nSPS) is 27.0. The Kier molecular flexibility index (Phi) is 4.12. The fourth-order valence-corrected chi connectivity index (χ4v) is 3.96. The molecular weight excluding hydrogens is 264 g/mol. The van der Waals surface area contributed by atoms with E-state index in [9.17, 15) is 0 Å². The van der Waals surface area contributed by atoms with E-state index in [1.807, 2.05) is 0 Å². The predicted molar refractivity (Wildman–Crippen MR) is 85.2 cm³/mol. The number of hydrogen-bond acceptors (Lipinski definition) is 6. The molecule has 21 heavy (non-hydrogen) atoms. The monoisotopic (exact) mass is 290 g/mol. The van der Waals surface area contributed by atoms with E-state index < -0.39 is 0 Å². The van der Waals surface area contributed by atoms with Crippen molar-refractivity contribution in [3.8, 4) is 0 Å². The molecule has 1 aromatic rings. The van der Waals surface area contributed by atoms with E-state index in [2.05, 4.69) is 39.0 Å². The van der Waals surface area contributed by atoms with Gasteiger partial charge in [-0.1, -0.05) is 6.42 Å². The maximum absolute atomic E-state index is 5.82. The molecule has 1 aromatic heterocycles. The number of rotatable bonds is 6. The third kappa shape index (κ3) is 3.04. The summed E-state index contributed by atoms with van der Waals surface area (Å²) in [6, 6.07) is 0. The Morgan fingerprint density at radius 1 is 1.14 bits per heavy atom. The van der Waals surface area contributed by atoms with Crippen LogP contribution in [-0.2, 0) is 0 Å². The Bertz CT molecular complexity index is 487. The van der Waals surface area contributed by atoms with E-state index in [0.29, 0.717) is 17.8 Å². The summed E-state index contributed by atoms with van der Waals surface area (Å²) in [5, 5.41) is 3.39. The zero-order valence-corrected chi connectivity index (χ0v) is 13.0. The molecule has 1 heterocycles. The third-order valence-electron chi connectivity index (χ3n) is 5.09. The first-order valence-corrected chi connectivity index (χ1v) is 8.20. The van der Waals surface area contributed by atoms with Gasteiger partial charge in [0, 0.05) is 19.6 Å². The van der Waals surface area contributed by atoms with Crippen LogP contribution in [0, 0.1) is 17.8 Å². The largest absolute Gasteiger partial charge is 0.368 e. The molecule has 2 fully saturated rings. The minimum atomic E-state index is 0.294. The Hall–Kier alpha value is -1.59. The van der Waals surface area contributed by atoms with E-state index >= 15 is 0 Å². The highest BCUT2D eigenvalue weighted by atomic mass is 15.3. The molecule has 0 amide bonds. The van der Waals surface area contributed by atoms with Crippen molar-refractivity contribution in [2.45, 2.75) is 39.5 Å². The molecule has 3 N–H and O–H groups in total. The van der Waals surface area contributed by atoms with Gasteiger partial charge in [-0.2, -0.15) is 15.0 Å². The van der Waals surface area contributed by atoms with Gasteiger partial charge in [-0.25, -0.2) is 0 Å². The number of nitrogen functional groups attached to an aromatic ring is 1. The molecular formula is C15H26N6. The van der Waals surface area contributed by atoms with Gasteiger partial charge in [0.15, 0.2) is 0 Å². The quantitative estimate of drug-likeness (QED) is 0.835. The molecule has 2 aliphatic carbocycles. The average molecular weight is 290 g/mol. The maximum atomic E-state index is 5.82. The van der Waals surface area contributed by atoms with Crippen molar-refractivity contribution < 1.29 is 0 Å². The first-order valence-electron chi connectivity index (χ1n) is 8.20. The van der Waals surface area contributed by atoms with Crippen molar-refractivity contribution in [1.29, 1.82) is 0 Å². The number of nitrogens with one attached hydrogen (secondary N) is 1. The molecule has 0 saturated heterocycles. The average Bonchev–Trinajstić information content (AvgIpc) is 3.08. The number of fused-ring (bicyclic) bond motifs is 2. The lowest BCUT2D eigenvalue weighted by atomic mass is 9.89. The fraction of sp³-hybridized carbons (Fsp3) is 0.800. The zero-order valence-electron chi connectivity index (χ0n) is 13.0. The molecule has 3 unspecified atom stereocenters. The Balaban J connectivity index is 1.65. The molecule has 2 aliphatic rings. The first-order chi connectivity index (χ1) is 10.2. The Labute approximate surface area is 126 Å². The van der Waals surface area contributed by atoms with Crippen LogP contribution in [0.5, 0.6) is 0 Å².